The zero-order chi connectivity index (χ0) is 10.1. The van der Waals surface area contributed by atoms with Gasteiger partial charge in [-0.1, -0.05) is 6.07 Å². The number of aromatic hydroxyl groups is 1. The highest BCUT2D eigenvalue weighted by Gasteiger charge is 2.27. The van der Waals surface area contributed by atoms with Crippen LogP contribution in [0.3, 0.4) is 0 Å². The molecule has 13 heavy (non-hydrogen) atoms. The molecule has 0 saturated heterocycles. The quantitative estimate of drug-likeness (QED) is 0.816. The summed E-state index contributed by atoms with van der Waals surface area (Å²) >= 11 is 2.98. The number of benzene rings is 1. The molecule has 0 aliphatic rings. The van der Waals surface area contributed by atoms with Crippen molar-refractivity contribution in [3.8, 4) is 5.75 Å². The fourth-order valence-corrected chi connectivity index (χ4v) is 1.15. The van der Waals surface area contributed by atoms with Crippen molar-refractivity contribution >= 4 is 15.9 Å². The lowest BCUT2D eigenvalue weighted by Crippen LogP contribution is -2.11. The number of hydrogen-bond donors (Lipinski definition) is 1. The van der Waals surface area contributed by atoms with E-state index in [9.17, 15) is 13.2 Å². The maximum Gasteiger partial charge on any atom is 0.393 e. The van der Waals surface area contributed by atoms with E-state index >= 15 is 0 Å². The predicted octanol–water partition coefficient (Wildman–Crippen LogP) is 3.26. The Bertz CT molecular complexity index is 309. The molecule has 0 saturated carbocycles. The van der Waals surface area contributed by atoms with Gasteiger partial charge in [0.2, 0.25) is 0 Å². The molecule has 0 atom stereocenters. The first kappa shape index (κ1) is 10.4. The lowest BCUT2D eigenvalue weighted by molar-refractivity contribution is -0.127. The molecule has 1 nitrogen and oxygen atoms in total. The Morgan fingerprint density at radius 1 is 1.31 bits per heavy atom. The highest BCUT2D eigenvalue weighted by atomic mass is 79.9. The zero-order valence-corrected chi connectivity index (χ0v) is 7.98. The standard InChI is InChI=1S/C8H6BrF3O/c9-6-2-1-5(3-7(6)13)4-8(10,11)12/h1-3,13H,4H2. The van der Waals surface area contributed by atoms with Crippen LogP contribution in [0, 0.1) is 0 Å². The van der Waals surface area contributed by atoms with Gasteiger partial charge in [-0.05, 0) is 33.6 Å². The molecule has 0 spiro atoms. The molecule has 1 N–H and O–H groups in total. The van der Waals surface area contributed by atoms with Gasteiger partial charge in [-0.25, -0.2) is 0 Å². The molecule has 0 aliphatic carbocycles. The Hall–Kier alpha value is -0.710. The van der Waals surface area contributed by atoms with Crippen molar-refractivity contribution in [3.63, 3.8) is 0 Å². The fourth-order valence-electron chi connectivity index (χ4n) is 0.900. The zero-order valence-electron chi connectivity index (χ0n) is 6.40. The summed E-state index contributed by atoms with van der Waals surface area (Å²) in [6, 6.07) is 3.80. The van der Waals surface area contributed by atoms with E-state index in [-0.39, 0.29) is 11.3 Å². The van der Waals surface area contributed by atoms with Gasteiger partial charge in [-0.2, -0.15) is 13.2 Å². The van der Waals surface area contributed by atoms with E-state index in [0.29, 0.717) is 4.47 Å². The maximum absolute atomic E-state index is 11.9. The van der Waals surface area contributed by atoms with Crippen LogP contribution in [0.2, 0.25) is 0 Å². The van der Waals surface area contributed by atoms with Crippen molar-refractivity contribution in [1.29, 1.82) is 0 Å². The van der Waals surface area contributed by atoms with E-state index in [1.54, 1.807) is 0 Å². The molecule has 0 aromatic heterocycles. The smallest absolute Gasteiger partial charge is 0.393 e. The van der Waals surface area contributed by atoms with Gasteiger partial charge in [0.1, 0.15) is 5.75 Å². The van der Waals surface area contributed by atoms with Crippen molar-refractivity contribution in [2.75, 3.05) is 0 Å². The number of phenolic OH excluding ortho intramolecular Hbond substituents is 1. The van der Waals surface area contributed by atoms with Crippen LogP contribution in [0.5, 0.6) is 5.75 Å². The minimum absolute atomic E-state index is 0.0493. The van der Waals surface area contributed by atoms with Gasteiger partial charge in [0.05, 0.1) is 10.9 Å². The monoisotopic (exact) mass is 254 g/mol. The summed E-state index contributed by atoms with van der Waals surface area (Å²) in [4.78, 5) is 0. The topological polar surface area (TPSA) is 20.2 Å². The van der Waals surface area contributed by atoms with Crippen LogP contribution >= 0.6 is 15.9 Å². The average molecular weight is 255 g/mol. The van der Waals surface area contributed by atoms with Crippen LogP contribution in [-0.4, -0.2) is 11.3 Å². The second kappa shape index (κ2) is 3.57. The van der Waals surface area contributed by atoms with Gasteiger partial charge in [-0.3, -0.25) is 0 Å². The molecule has 0 aliphatic heterocycles. The summed E-state index contributed by atoms with van der Waals surface area (Å²) in [6.07, 6.45) is -5.26. The summed E-state index contributed by atoms with van der Waals surface area (Å²) in [5.74, 6) is -0.179. The van der Waals surface area contributed by atoms with Crippen LogP contribution in [0.4, 0.5) is 13.2 Å². The van der Waals surface area contributed by atoms with E-state index < -0.39 is 12.6 Å². The molecule has 1 aromatic carbocycles. The summed E-state index contributed by atoms with van der Waals surface area (Å²) in [5.41, 5.74) is 0.0493. The maximum atomic E-state index is 11.9. The molecule has 1 aromatic rings. The van der Waals surface area contributed by atoms with Crippen LogP contribution in [-0.2, 0) is 6.42 Å². The van der Waals surface area contributed by atoms with Gasteiger partial charge >= 0.3 is 6.18 Å². The second-order valence-corrected chi connectivity index (χ2v) is 3.43. The van der Waals surface area contributed by atoms with Crippen LogP contribution in [0.15, 0.2) is 22.7 Å². The summed E-state index contributed by atoms with van der Waals surface area (Å²) in [5, 5.41) is 9.08. The number of phenols is 1. The van der Waals surface area contributed by atoms with Gasteiger partial charge in [-0.15, -0.1) is 0 Å². The Labute approximate surface area is 81.3 Å². The minimum atomic E-state index is -4.24. The average Bonchev–Trinajstić information content (AvgIpc) is 1.94. The summed E-state index contributed by atoms with van der Waals surface area (Å²) in [7, 11) is 0. The molecular formula is C8H6BrF3O. The van der Waals surface area contributed by atoms with E-state index in [1.165, 1.54) is 12.1 Å². The minimum Gasteiger partial charge on any atom is -0.507 e. The van der Waals surface area contributed by atoms with Gasteiger partial charge in [0, 0.05) is 0 Å². The molecule has 5 heteroatoms. The number of hydrogen-bond acceptors (Lipinski definition) is 1. The van der Waals surface area contributed by atoms with E-state index in [1.807, 2.05) is 0 Å². The lowest BCUT2D eigenvalue weighted by Gasteiger charge is -2.06. The first-order valence-electron chi connectivity index (χ1n) is 3.42. The Kier molecular flexibility index (Phi) is 2.85. The molecule has 72 valence electrons. The molecule has 0 fully saturated rings. The molecule has 0 radical (unpaired) electrons. The first-order valence-corrected chi connectivity index (χ1v) is 4.22. The third-order valence-electron chi connectivity index (χ3n) is 1.42. The van der Waals surface area contributed by atoms with Crippen molar-refractivity contribution in [3.05, 3.63) is 28.2 Å². The molecule has 0 heterocycles. The third kappa shape index (κ3) is 3.26. The van der Waals surface area contributed by atoms with Crippen molar-refractivity contribution in [2.45, 2.75) is 12.6 Å². The molecule has 1 rings (SSSR count). The third-order valence-corrected chi connectivity index (χ3v) is 2.09. The normalized spacial score (nSPS) is 11.7. The number of rotatable bonds is 1. The van der Waals surface area contributed by atoms with Gasteiger partial charge < -0.3 is 5.11 Å². The Morgan fingerprint density at radius 2 is 1.92 bits per heavy atom. The van der Waals surface area contributed by atoms with E-state index in [4.69, 9.17) is 5.11 Å². The molecule has 0 amide bonds. The van der Waals surface area contributed by atoms with E-state index in [2.05, 4.69) is 15.9 Å². The number of alkyl halides is 3. The van der Waals surface area contributed by atoms with Gasteiger partial charge in [0.25, 0.3) is 0 Å². The molecular weight excluding hydrogens is 249 g/mol. The highest BCUT2D eigenvalue weighted by Crippen LogP contribution is 2.28. The highest BCUT2D eigenvalue weighted by molar-refractivity contribution is 9.10. The predicted molar refractivity (Wildman–Crippen MR) is 45.6 cm³/mol. The van der Waals surface area contributed by atoms with Crippen LogP contribution in [0.1, 0.15) is 5.56 Å². The second-order valence-electron chi connectivity index (χ2n) is 2.58. The largest absolute Gasteiger partial charge is 0.507 e. The van der Waals surface area contributed by atoms with E-state index in [0.717, 1.165) is 6.07 Å². The molecule has 0 bridgehead atoms. The fraction of sp³-hybridized carbons (Fsp3) is 0.250. The Balaban J connectivity index is 2.86. The molecule has 0 unspecified atom stereocenters. The van der Waals surface area contributed by atoms with Crippen molar-refractivity contribution in [1.82, 2.24) is 0 Å². The first-order chi connectivity index (χ1) is 5.88. The summed E-state index contributed by atoms with van der Waals surface area (Å²) < 4.78 is 36.0. The van der Waals surface area contributed by atoms with Crippen molar-refractivity contribution < 1.29 is 18.3 Å². The summed E-state index contributed by atoms with van der Waals surface area (Å²) in [6.45, 7) is 0. The Morgan fingerprint density at radius 3 is 2.38 bits per heavy atom. The van der Waals surface area contributed by atoms with Gasteiger partial charge in [0.15, 0.2) is 0 Å². The van der Waals surface area contributed by atoms with Crippen molar-refractivity contribution in [2.24, 2.45) is 0 Å². The van der Waals surface area contributed by atoms with Crippen LogP contribution in [0.25, 0.3) is 0 Å². The SMILES string of the molecule is Oc1cc(CC(F)(F)F)ccc1Br. The lowest BCUT2D eigenvalue weighted by atomic mass is 10.1. The van der Waals surface area contributed by atoms with Crippen LogP contribution < -0.4 is 0 Å². The number of halogens is 4.